The first kappa shape index (κ1) is 14.9. The van der Waals surface area contributed by atoms with E-state index in [9.17, 15) is 4.79 Å². The molecule has 0 aromatic heterocycles. The van der Waals surface area contributed by atoms with E-state index in [0.717, 1.165) is 18.2 Å². The van der Waals surface area contributed by atoms with E-state index >= 15 is 0 Å². The van der Waals surface area contributed by atoms with Crippen LogP contribution in [0.2, 0.25) is 0 Å². The van der Waals surface area contributed by atoms with Crippen molar-refractivity contribution < 1.29 is 9.53 Å². The van der Waals surface area contributed by atoms with E-state index in [1.807, 2.05) is 20.8 Å². The number of hydrogen-bond donors (Lipinski definition) is 1. The normalized spacial score (nSPS) is 13.7. The van der Waals surface area contributed by atoms with Gasteiger partial charge in [0.2, 0.25) is 5.91 Å². The summed E-state index contributed by atoms with van der Waals surface area (Å²) in [5.74, 6) is 0.105. The van der Waals surface area contributed by atoms with Gasteiger partial charge in [0.05, 0.1) is 12.6 Å². The molecule has 3 nitrogen and oxygen atoms in total. The number of methoxy groups -OCH3 is 1. The molecule has 0 fully saturated rings. The SMILES string of the molecule is CCC(C)(C)C(=O)NC(CCBr)COC. The molecule has 0 aliphatic rings. The van der Waals surface area contributed by atoms with Crippen molar-refractivity contribution in [1.29, 1.82) is 0 Å². The van der Waals surface area contributed by atoms with Gasteiger partial charge in [0.15, 0.2) is 0 Å². The van der Waals surface area contributed by atoms with Crippen LogP contribution in [-0.2, 0) is 9.53 Å². The first-order chi connectivity index (χ1) is 6.97. The van der Waals surface area contributed by atoms with Gasteiger partial charge in [-0.3, -0.25) is 4.79 Å². The Kier molecular flexibility index (Phi) is 7.18. The molecule has 0 aliphatic heterocycles. The average Bonchev–Trinajstić information content (AvgIpc) is 2.18. The Morgan fingerprint density at radius 1 is 1.53 bits per heavy atom. The molecule has 0 aliphatic carbocycles. The van der Waals surface area contributed by atoms with Crippen molar-refractivity contribution >= 4 is 21.8 Å². The molecule has 0 aromatic carbocycles. The lowest BCUT2D eigenvalue weighted by Crippen LogP contribution is -2.44. The molecule has 4 heteroatoms. The third-order valence-electron chi connectivity index (χ3n) is 2.66. The maximum absolute atomic E-state index is 11.9. The van der Waals surface area contributed by atoms with Crippen LogP contribution in [0.5, 0.6) is 0 Å². The summed E-state index contributed by atoms with van der Waals surface area (Å²) < 4.78 is 5.07. The molecule has 1 atom stereocenters. The Morgan fingerprint density at radius 2 is 2.13 bits per heavy atom. The Bertz CT molecular complexity index is 189. The van der Waals surface area contributed by atoms with Gasteiger partial charge in [0.25, 0.3) is 0 Å². The zero-order valence-electron chi connectivity index (χ0n) is 10.1. The first-order valence-electron chi connectivity index (χ1n) is 5.33. The minimum absolute atomic E-state index is 0.104. The molecular formula is C11H22BrNO2. The van der Waals surface area contributed by atoms with Crippen LogP contribution in [0.15, 0.2) is 0 Å². The predicted octanol–water partition coefficient (Wildman–Crippen LogP) is 2.34. The van der Waals surface area contributed by atoms with Crippen LogP contribution in [0.4, 0.5) is 0 Å². The van der Waals surface area contributed by atoms with Crippen molar-refractivity contribution in [2.45, 2.75) is 39.7 Å². The fourth-order valence-corrected chi connectivity index (χ4v) is 1.62. The molecule has 0 heterocycles. The van der Waals surface area contributed by atoms with Crippen molar-refractivity contribution in [3.63, 3.8) is 0 Å². The van der Waals surface area contributed by atoms with Crippen molar-refractivity contribution in [1.82, 2.24) is 5.32 Å². The van der Waals surface area contributed by atoms with Gasteiger partial charge in [-0.15, -0.1) is 0 Å². The summed E-state index contributed by atoms with van der Waals surface area (Å²) in [6, 6.07) is 0.104. The lowest BCUT2D eigenvalue weighted by molar-refractivity contribution is -0.130. The molecule has 0 spiro atoms. The summed E-state index contributed by atoms with van der Waals surface area (Å²) >= 11 is 3.37. The van der Waals surface area contributed by atoms with E-state index in [-0.39, 0.29) is 17.4 Å². The number of halogens is 1. The minimum atomic E-state index is -0.293. The van der Waals surface area contributed by atoms with E-state index in [4.69, 9.17) is 4.74 Å². The van der Waals surface area contributed by atoms with Gasteiger partial charge in [-0.1, -0.05) is 36.7 Å². The molecule has 0 saturated carbocycles. The number of alkyl halides is 1. The number of nitrogens with one attached hydrogen (secondary N) is 1. The van der Waals surface area contributed by atoms with E-state index < -0.39 is 0 Å². The number of ether oxygens (including phenoxy) is 1. The van der Waals surface area contributed by atoms with E-state index in [1.165, 1.54) is 0 Å². The molecule has 0 aromatic rings. The topological polar surface area (TPSA) is 38.3 Å². The maximum Gasteiger partial charge on any atom is 0.225 e. The number of rotatable bonds is 7. The molecule has 0 bridgehead atoms. The van der Waals surface area contributed by atoms with Crippen LogP contribution < -0.4 is 5.32 Å². The van der Waals surface area contributed by atoms with Gasteiger partial charge in [0.1, 0.15) is 0 Å². The first-order valence-corrected chi connectivity index (χ1v) is 6.46. The number of carbonyl (C=O) groups excluding carboxylic acids is 1. The van der Waals surface area contributed by atoms with Crippen molar-refractivity contribution in [3.8, 4) is 0 Å². The van der Waals surface area contributed by atoms with Crippen LogP contribution >= 0.6 is 15.9 Å². The van der Waals surface area contributed by atoms with Crippen LogP contribution in [0.1, 0.15) is 33.6 Å². The van der Waals surface area contributed by atoms with Crippen LogP contribution in [0.3, 0.4) is 0 Å². The highest BCUT2D eigenvalue weighted by atomic mass is 79.9. The van der Waals surface area contributed by atoms with Gasteiger partial charge in [0, 0.05) is 17.9 Å². The summed E-state index contributed by atoms with van der Waals surface area (Å²) in [6.45, 7) is 6.51. The monoisotopic (exact) mass is 279 g/mol. The summed E-state index contributed by atoms with van der Waals surface area (Å²) in [5.41, 5.74) is -0.293. The fourth-order valence-electron chi connectivity index (χ4n) is 1.07. The van der Waals surface area contributed by atoms with Gasteiger partial charge >= 0.3 is 0 Å². The van der Waals surface area contributed by atoms with Crippen molar-refractivity contribution in [2.75, 3.05) is 19.0 Å². The predicted molar refractivity (Wildman–Crippen MR) is 66.3 cm³/mol. The number of hydrogen-bond acceptors (Lipinski definition) is 2. The standard InChI is InChI=1S/C11H22BrNO2/c1-5-11(2,3)10(14)13-9(6-7-12)8-15-4/h9H,5-8H2,1-4H3,(H,13,14). The smallest absolute Gasteiger partial charge is 0.225 e. The second kappa shape index (κ2) is 7.23. The van der Waals surface area contributed by atoms with Crippen molar-refractivity contribution in [3.05, 3.63) is 0 Å². The Balaban J connectivity index is 4.21. The van der Waals surface area contributed by atoms with Gasteiger partial charge in [-0.05, 0) is 12.8 Å². The lowest BCUT2D eigenvalue weighted by Gasteiger charge is -2.25. The second-order valence-electron chi connectivity index (χ2n) is 4.34. The van der Waals surface area contributed by atoms with Crippen LogP contribution in [-0.4, -0.2) is 31.0 Å². The Morgan fingerprint density at radius 3 is 2.53 bits per heavy atom. The molecule has 0 rings (SSSR count). The molecule has 1 N–H and O–H groups in total. The molecule has 90 valence electrons. The highest BCUT2D eigenvalue weighted by molar-refractivity contribution is 9.09. The summed E-state index contributed by atoms with van der Waals surface area (Å²) in [4.78, 5) is 11.9. The number of amides is 1. The largest absolute Gasteiger partial charge is 0.383 e. The van der Waals surface area contributed by atoms with E-state index in [2.05, 4.69) is 21.2 Å². The molecule has 0 radical (unpaired) electrons. The highest BCUT2D eigenvalue weighted by Crippen LogP contribution is 2.19. The molecule has 1 unspecified atom stereocenters. The summed E-state index contributed by atoms with van der Waals surface area (Å²) in [6.07, 6.45) is 1.73. The lowest BCUT2D eigenvalue weighted by atomic mass is 9.89. The molecule has 0 saturated heterocycles. The minimum Gasteiger partial charge on any atom is -0.383 e. The third kappa shape index (κ3) is 5.52. The summed E-state index contributed by atoms with van der Waals surface area (Å²) in [7, 11) is 1.65. The molecule has 15 heavy (non-hydrogen) atoms. The van der Waals surface area contributed by atoms with Gasteiger partial charge < -0.3 is 10.1 Å². The van der Waals surface area contributed by atoms with Crippen LogP contribution in [0.25, 0.3) is 0 Å². The van der Waals surface area contributed by atoms with E-state index in [1.54, 1.807) is 7.11 Å². The van der Waals surface area contributed by atoms with E-state index in [0.29, 0.717) is 6.61 Å². The van der Waals surface area contributed by atoms with Crippen LogP contribution in [0, 0.1) is 5.41 Å². The quantitative estimate of drug-likeness (QED) is 0.727. The highest BCUT2D eigenvalue weighted by Gasteiger charge is 2.26. The maximum atomic E-state index is 11.9. The van der Waals surface area contributed by atoms with Gasteiger partial charge in [-0.25, -0.2) is 0 Å². The summed E-state index contributed by atoms with van der Waals surface area (Å²) in [5, 5.41) is 3.89. The Hall–Kier alpha value is -0.0900. The molecule has 1 amide bonds. The second-order valence-corrected chi connectivity index (χ2v) is 5.13. The average molecular weight is 280 g/mol. The van der Waals surface area contributed by atoms with Gasteiger partial charge in [-0.2, -0.15) is 0 Å². The molecular weight excluding hydrogens is 258 g/mol. The Labute approximate surface area is 101 Å². The number of carbonyl (C=O) groups is 1. The zero-order valence-corrected chi connectivity index (χ0v) is 11.7. The zero-order chi connectivity index (χ0) is 11.9. The fraction of sp³-hybridized carbons (Fsp3) is 0.909. The third-order valence-corrected chi connectivity index (χ3v) is 3.12. The van der Waals surface area contributed by atoms with Crippen molar-refractivity contribution in [2.24, 2.45) is 5.41 Å².